The molecule has 5 nitrogen and oxygen atoms in total. The van der Waals surface area contributed by atoms with Gasteiger partial charge in [0.2, 0.25) is 0 Å². The van der Waals surface area contributed by atoms with Crippen molar-refractivity contribution >= 4 is 28.2 Å². The summed E-state index contributed by atoms with van der Waals surface area (Å²) in [7, 11) is 0. The molecule has 128 valence electrons. The van der Waals surface area contributed by atoms with Crippen molar-refractivity contribution in [2.45, 2.75) is 19.3 Å². The van der Waals surface area contributed by atoms with Crippen LogP contribution in [-0.4, -0.2) is 14.5 Å². The summed E-state index contributed by atoms with van der Waals surface area (Å²) in [5.41, 5.74) is 14.0. The first-order chi connectivity index (χ1) is 12.8. The highest BCUT2D eigenvalue weighted by molar-refractivity contribution is 5.91. The second kappa shape index (κ2) is 5.88. The lowest BCUT2D eigenvalue weighted by Gasteiger charge is -2.12. The standard InChI is InChI=1S/C21H19N5/c22-21-20-19(23-13-24-21)17-7-4-8-18(17)26(20)16-11-9-15(10-12-16)25-14-5-2-1-3-6-14/h1-3,5-6,9-13,25H,4,7-8H2,(H2,22,23,24). The molecule has 0 saturated heterocycles. The average Bonchev–Trinajstić information content (AvgIpc) is 3.25. The molecule has 2 aromatic heterocycles. The van der Waals surface area contributed by atoms with Crippen LogP contribution in [0.15, 0.2) is 60.9 Å². The number of benzene rings is 2. The third-order valence-corrected chi connectivity index (χ3v) is 5.01. The van der Waals surface area contributed by atoms with Gasteiger partial charge >= 0.3 is 0 Å². The third kappa shape index (κ3) is 2.32. The maximum atomic E-state index is 6.20. The van der Waals surface area contributed by atoms with Crippen molar-refractivity contribution in [1.29, 1.82) is 0 Å². The Kier molecular flexibility index (Phi) is 3.38. The summed E-state index contributed by atoms with van der Waals surface area (Å²) in [6.45, 7) is 0. The van der Waals surface area contributed by atoms with Gasteiger partial charge in [-0.05, 0) is 61.2 Å². The Morgan fingerprint density at radius 3 is 2.46 bits per heavy atom. The van der Waals surface area contributed by atoms with Crippen molar-refractivity contribution in [3.63, 3.8) is 0 Å². The lowest BCUT2D eigenvalue weighted by atomic mass is 10.2. The molecule has 1 aliphatic carbocycles. The van der Waals surface area contributed by atoms with Crippen molar-refractivity contribution in [2.75, 3.05) is 11.1 Å². The zero-order chi connectivity index (χ0) is 17.5. The lowest BCUT2D eigenvalue weighted by Crippen LogP contribution is -2.02. The van der Waals surface area contributed by atoms with Gasteiger partial charge < -0.3 is 15.6 Å². The van der Waals surface area contributed by atoms with Crippen LogP contribution in [0.2, 0.25) is 0 Å². The van der Waals surface area contributed by atoms with Crippen molar-refractivity contribution in [3.05, 3.63) is 72.2 Å². The van der Waals surface area contributed by atoms with Gasteiger partial charge in [-0.3, -0.25) is 0 Å². The Hall–Kier alpha value is -3.34. The second-order valence-corrected chi connectivity index (χ2v) is 6.61. The SMILES string of the molecule is Nc1ncnc2c3c(n(-c4ccc(Nc5ccccc5)cc4)c12)CCC3. The van der Waals surface area contributed by atoms with Gasteiger partial charge in [0.15, 0.2) is 5.82 Å². The summed E-state index contributed by atoms with van der Waals surface area (Å²) in [5.74, 6) is 0.538. The highest BCUT2D eigenvalue weighted by Gasteiger charge is 2.24. The van der Waals surface area contributed by atoms with Crippen LogP contribution in [0.1, 0.15) is 17.7 Å². The summed E-state index contributed by atoms with van der Waals surface area (Å²) >= 11 is 0. The van der Waals surface area contributed by atoms with Crippen LogP contribution in [0.5, 0.6) is 0 Å². The topological polar surface area (TPSA) is 68.8 Å². The lowest BCUT2D eigenvalue weighted by molar-refractivity contribution is 0.872. The number of nitrogens with one attached hydrogen (secondary N) is 1. The molecular weight excluding hydrogens is 322 g/mol. The molecule has 0 aliphatic heterocycles. The molecule has 1 aliphatic rings. The Morgan fingerprint density at radius 1 is 0.885 bits per heavy atom. The summed E-state index contributed by atoms with van der Waals surface area (Å²) in [6.07, 6.45) is 4.84. The van der Waals surface area contributed by atoms with E-state index in [9.17, 15) is 0 Å². The summed E-state index contributed by atoms with van der Waals surface area (Å²) in [4.78, 5) is 8.72. The fraction of sp³-hybridized carbons (Fsp3) is 0.143. The summed E-state index contributed by atoms with van der Waals surface area (Å²) in [6, 6.07) is 18.6. The Balaban J connectivity index is 1.59. The number of rotatable bonds is 3. The maximum Gasteiger partial charge on any atom is 0.151 e. The molecule has 5 rings (SSSR count). The van der Waals surface area contributed by atoms with Crippen molar-refractivity contribution in [1.82, 2.24) is 14.5 Å². The van der Waals surface area contributed by atoms with Gasteiger partial charge in [0.25, 0.3) is 0 Å². The van der Waals surface area contributed by atoms with E-state index < -0.39 is 0 Å². The minimum absolute atomic E-state index is 0.538. The molecule has 0 fully saturated rings. The smallest absolute Gasteiger partial charge is 0.151 e. The Labute approximate surface area is 151 Å². The van der Waals surface area contributed by atoms with Crippen molar-refractivity contribution in [2.24, 2.45) is 0 Å². The summed E-state index contributed by atoms with van der Waals surface area (Å²) < 4.78 is 2.24. The van der Waals surface area contributed by atoms with E-state index in [1.165, 1.54) is 11.3 Å². The molecule has 2 heterocycles. The van der Waals surface area contributed by atoms with Crippen LogP contribution >= 0.6 is 0 Å². The molecule has 0 atom stereocenters. The number of nitrogen functional groups attached to an aromatic ring is 1. The van der Waals surface area contributed by atoms with Crippen molar-refractivity contribution < 1.29 is 0 Å². The van der Waals surface area contributed by atoms with E-state index >= 15 is 0 Å². The van der Waals surface area contributed by atoms with E-state index in [0.717, 1.165) is 47.4 Å². The zero-order valence-electron chi connectivity index (χ0n) is 14.3. The van der Waals surface area contributed by atoms with E-state index in [0.29, 0.717) is 5.82 Å². The number of anilines is 3. The molecule has 0 amide bonds. The number of hydrogen-bond donors (Lipinski definition) is 2. The zero-order valence-corrected chi connectivity index (χ0v) is 14.3. The minimum atomic E-state index is 0.538. The minimum Gasteiger partial charge on any atom is -0.382 e. The first-order valence-corrected chi connectivity index (χ1v) is 8.86. The molecule has 2 aromatic carbocycles. The van der Waals surface area contributed by atoms with E-state index in [1.54, 1.807) is 6.33 Å². The van der Waals surface area contributed by atoms with Gasteiger partial charge in [-0.15, -0.1) is 0 Å². The number of fused-ring (bicyclic) bond motifs is 3. The van der Waals surface area contributed by atoms with Crippen LogP contribution < -0.4 is 11.1 Å². The molecule has 0 bridgehead atoms. The van der Waals surface area contributed by atoms with Crippen LogP contribution in [0.25, 0.3) is 16.7 Å². The highest BCUT2D eigenvalue weighted by atomic mass is 15.1. The number of hydrogen-bond acceptors (Lipinski definition) is 4. The van der Waals surface area contributed by atoms with Crippen LogP contribution in [0.4, 0.5) is 17.2 Å². The molecule has 0 unspecified atom stereocenters. The largest absolute Gasteiger partial charge is 0.382 e. The van der Waals surface area contributed by atoms with E-state index in [-0.39, 0.29) is 0 Å². The molecule has 3 N–H and O–H groups in total. The molecular formula is C21H19N5. The van der Waals surface area contributed by atoms with Gasteiger partial charge in [0.1, 0.15) is 11.8 Å². The molecule has 26 heavy (non-hydrogen) atoms. The number of aryl methyl sites for hydroxylation is 1. The molecule has 0 saturated carbocycles. The van der Waals surface area contributed by atoms with Gasteiger partial charge in [-0.2, -0.15) is 0 Å². The first kappa shape index (κ1) is 15.0. The quantitative estimate of drug-likeness (QED) is 0.585. The molecule has 0 spiro atoms. The maximum absolute atomic E-state index is 6.20. The molecule has 4 aromatic rings. The fourth-order valence-corrected chi connectivity index (χ4v) is 3.87. The van der Waals surface area contributed by atoms with E-state index in [4.69, 9.17) is 5.73 Å². The monoisotopic (exact) mass is 341 g/mol. The van der Waals surface area contributed by atoms with Gasteiger partial charge in [0, 0.05) is 22.8 Å². The highest BCUT2D eigenvalue weighted by Crippen LogP contribution is 2.36. The van der Waals surface area contributed by atoms with Crippen LogP contribution in [-0.2, 0) is 12.8 Å². The van der Waals surface area contributed by atoms with Gasteiger partial charge in [-0.25, -0.2) is 9.97 Å². The van der Waals surface area contributed by atoms with Crippen LogP contribution in [0, 0.1) is 0 Å². The number of nitrogens with two attached hydrogens (primary N) is 1. The number of nitrogens with zero attached hydrogens (tertiary/aromatic N) is 3. The van der Waals surface area contributed by atoms with E-state index in [2.05, 4.69) is 56.3 Å². The van der Waals surface area contributed by atoms with Gasteiger partial charge in [0.05, 0.1) is 5.52 Å². The Morgan fingerprint density at radius 2 is 1.65 bits per heavy atom. The van der Waals surface area contributed by atoms with Gasteiger partial charge in [-0.1, -0.05) is 18.2 Å². The third-order valence-electron chi connectivity index (χ3n) is 5.01. The van der Waals surface area contributed by atoms with Crippen LogP contribution in [0.3, 0.4) is 0 Å². The van der Waals surface area contributed by atoms with E-state index in [1.807, 2.05) is 18.2 Å². The predicted octanol–water partition coefficient (Wildman–Crippen LogP) is 4.24. The first-order valence-electron chi connectivity index (χ1n) is 8.86. The Bertz CT molecular complexity index is 1080. The number of para-hydroxylation sites is 1. The normalized spacial score (nSPS) is 13.1. The summed E-state index contributed by atoms with van der Waals surface area (Å²) in [5, 5.41) is 3.42. The molecule has 0 radical (unpaired) electrons. The number of aromatic nitrogens is 3. The predicted molar refractivity (Wildman–Crippen MR) is 105 cm³/mol. The second-order valence-electron chi connectivity index (χ2n) is 6.61. The van der Waals surface area contributed by atoms with Crippen molar-refractivity contribution in [3.8, 4) is 5.69 Å². The average molecular weight is 341 g/mol. The fourth-order valence-electron chi connectivity index (χ4n) is 3.87. The molecule has 5 heteroatoms.